The summed E-state index contributed by atoms with van der Waals surface area (Å²) in [5.74, 6) is 0.506. The van der Waals surface area contributed by atoms with Gasteiger partial charge in [-0.2, -0.15) is 0 Å². The summed E-state index contributed by atoms with van der Waals surface area (Å²) in [5, 5.41) is 1.30. The van der Waals surface area contributed by atoms with E-state index in [4.69, 9.17) is 4.74 Å². The van der Waals surface area contributed by atoms with Crippen LogP contribution in [0.5, 0.6) is 0 Å². The van der Waals surface area contributed by atoms with E-state index in [0.29, 0.717) is 5.92 Å². The van der Waals surface area contributed by atoms with Gasteiger partial charge in [0.15, 0.2) is 0 Å². The van der Waals surface area contributed by atoms with Crippen LogP contribution in [0.2, 0.25) is 0 Å². The molecule has 92 valence electrons. The maximum absolute atomic E-state index is 5.61. The van der Waals surface area contributed by atoms with Crippen LogP contribution in [-0.4, -0.2) is 11.7 Å². The number of benzene rings is 1. The summed E-state index contributed by atoms with van der Waals surface area (Å²) in [6.45, 7) is 6.62. The highest BCUT2D eigenvalue weighted by atomic mass is 16.5. The summed E-state index contributed by atoms with van der Waals surface area (Å²) >= 11 is 0. The van der Waals surface area contributed by atoms with E-state index in [0.717, 1.165) is 6.42 Å². The van der Waals surface area contributed by atoms with Crippen molar-refractivity contribution in [2.45, 2.75) is 39.3 Å². The van der Waals surface area contributed by atoms with E-state index in [9.17, 15) is 0 Å². The van der Waals surface area contributed by atoms with Gasteiger partial charge in [-0.05, 0) is 29.9 Å². The van der Waals surface area contributed by atoms with Crippen molar-refractivity contribution in [3.05, 3.63) is 36.0 Å². The van der Waals surface area contributed by atoms with Crippen molar-refractivity contribution < 1.29 is 4.74 Å². The predicted octanol–water partition coefficient (Wildman–Crippen LogP) is 4.32. The lowest BCUT2D eigenvalue weighted by molar-refractivity contribution is 0.0422. The molecule has 0 fully saturated rings. The second-order valence-electron chi connectivity index (χ2n) is 4.75. The topological polar surface area (TPSA) is 14.2 Å². The molecule has 1 aromatic heterocycles. The number of ether oxygens (including phenoxy) is 1. The van der Waals surface area contributed by atoms with E-state index in [2.05, 4.69) is 55.7 Å². The van der Waals surface area contributed by atoms with Crippen LogP contribution in [0, 0.1) is 0 Å². The molecule has 0 aliphatic rings. The molecule has 2 nitrogen and oxygen atoms in total. The summed E-state index contributed by atoms with van der Waals surface area (Å²) in [6.07, 6.45) is 1.11. The smallest absolute Gasteiger partial charge is 0.133 e. The van der Waals surface area contributed by atoms with Gasteiger partial charge in [0.25, 0.3) is 0 Å². The number of hydrogen-bond donors (Lipinski definition) is 0. The van der Waals surface area contributed by atoms with E-state index in [1.54, 1.807) is 7.11 Å². The summed E-state index contributed by atoms with van der Waals surface area (Å²) in [4.78, 5) is 0. The molecule has 2 heteroatoms. The van der Waals surface area contributed by atoms with Crippen LogP contribution >= 0.6 is 0 Å². The summed E-state index contributed by atoms with van der Waals surface area (Å²) < 4.78 is 7.94. The molecule has 0 N–H and O–H groups in total. The van der Waals surface area contributed by atoms with E-state index in [1.165, 1.54) is 16.6 Å². The highest BCUT2D eigenvalue weighted by Crippen LogP contribution is 2.30. The second kappa shape index (κ2) is 4.92. The Hall–Kier alpha value is -1.28. The molecular weight excluding hydrogens is 210 g/mol. The second-order valence-corrected chi connectivity index (χ2v) is 4.75. The van der Waals surface area contributed by atoms with Crippen molar-refractivity contribution in [2.75, 3.05) is 7.11 Å². The molecule has 0 spiro atoms. The Balaban J connectivity index is 2.67. The third-order valence-electron chi connectivity index (χ3n) is 3.28. The fourth-order valence-corrected chi connectivity index (χ4v) is 2.42. The van der Waals surface area contributed by atoms with Crippen molar-refractivity contribution in [1.29, 1.82) is 0 Å². The molecular formula is C15H21NO. The van der Waals surface area contributed by atoms with Gasteiger partial charge >= 0.3 is 0 Å². The van der Waals surface area contributed by atoms with Crippen LogP contribution in [-0.2, 0) is 4.74 Å². The zero-order chi connectivity index (χ0) is 12.4. The van der Waals surface area contributed by atoms with E-state index >= 15 is 0 Å². The molecule has 0 radical (unpaired) electrons. The Morgan fingerprint density at radius 3 is 2.53 bits per heavy atom. The summed E-state index contributed by atoms with van der Waals surface area (Å²) in [7, 11) is 1.78. The molecule has 0 saturated heterocycles. The zero-order valence-corrected chi connectivity index (χ0v) is 11.1. The molecule has 0 aliphatic carbocycles. The fraction of sp³-hybridized carbons (Fsp3) is 0.467. The summed E-state index contributed by atoms with van der Waals surface area (Å²) in [6, 6.07) is 10.8. The first-order valence-corrected chi connectivity index (χ1v) is 6.31. The molecule has 0 saturated carbocycles. The van der Waals surface area contributed by atoms with Gasteiger partial charge < -0.3 is 9.30 Å². The van der Waals surface area contributed by atoms with Gasteiger partial charge in [-0.3, -0.25) is 0 Å². The first-order chi connectivity index (χ1) is 8.19. The minimum atomic E-state index is 0.132. The lowest BCUT2D eigenvalue weighted by Gasteiger charge is -2.21. The van der Waals surface area contributed by atoms with E-state index in [1.807, 2.05) is 0 Å². The van der Waals surface area contributed by atoms with Crippen molar-refractivity contribution in [1.82, 2.24) is 4.57 Å². The molecule has 0 aliphatic heterocycles. The largest absolute Gasteiger partial charge is 0.361 e. The lowest BCUT2D eigenvalue weighted by atomic mass is 10.1. The number of rotatable bonds is 4. The van der Waals surface area contributed by atoms with Crippen molar-refractivity contribution in [3.63, 3.8) is 0 Å². The maximum Gasteiger partial charge on any atom is 0.133 e. The fourth-order valence-electron chi connectivity index (χ4n) is 2.42. The maximum atomic E-state index is 5.61. The highest BCUT2D eigenvalue weighted by molar-refractivity contribution is 5.81. The van der Waals surface area contributed by atoms with Gasteiger partial charge in [-0.1, -0.05) is 39.0 Å². The molecule has 0 bridgehead atoms. The van der Waals surface area contributed by atoms with Crippen LogP contribution in [0.25, 0.3) is 10.9 Å². The van der Waals surface area contributed by atoms with Crippen LogP contribution in [0.1, 0.15) is 45.0 Å². The monoisotopic (exact) mass is 231 g/mol. The third kappa shape index (κ3) is 2.09. The number of hydrogen-bond acceptors (Lipinski definition) is 1. The van der Waals surface area contributed by atoms with Crippen molar-refractivity contribution >= 4 is 10.9 Å². The molecule has 17 heavy (non-hydrogen) atoms. The number of aromatic nitrogens is 1. The van der Waals surface area contributed by atoms with Crippen molar-refractivity contribution in [3.8, 4) is 0 Å². The Bertz CT molecular complexity index is 495. The van der Waals surface area contributed by atoms with Gasteiger partial charge in [-0.15, -0.1) is 0 Å². The van der Waals surface area contributed by atoms with E-state index in [-0.39, 0.29) is 6.23 Å². The lowest BCUT2D eigenvalue weighted by Crippen LogP contribution is -2.13. The normalized spacial score (nSPS) is 13.5. The SMILES string of the molecule is CCC(OC)n1c(C(C)C)cc2ccccc21. The number of para-hydroxylation sites is 1. The number of methoxy groups -OCH3 is 1. The minimum Gasteiger partial charge on any atom is -0.361 e. The van der Waals surface area contributed by atoms with Gasteiger partial charge in [0.1, 0.15) is 6.23 Å². The molecule has 1 unspecified atom stereocenters. The van der Waals surface area contributed by atoms with Crippen molar-refractivity contribution in [2.24, 2.45) is 0 Å². The van der Waals surface area contributed by atoms with Crippen LogP contribution in [0.3, 0.4) is 0 Å². The van der Waals surface area contributed by atoms with Crippen LogP contribution in [0.4, 0.5) is 0 Å². The molecule has 1 heterocycles. The Morgan fingerprint density at radius 1 is 1.24 bits per heavy atom. The Morgan fingerprint density at radius 2 is 1.94 bits per heavy atom. The molecule has 2 aromatic rings. The standard InChI is InChI=1S/C15H21NO/c1-5-15(17-4)16-13-9-7-6-8-12(13)10-14(16)11(2)3/h6-11,15H,5H2,1-4H3. The Labute approximate surface area is 103 Å². The average Bonchev–Trinajstić information content (AvgIpc) is 2.71. The minimum absolute atomic E-state index is 0.132. The van der Waals surface area contributed by atoms with Crippen LogP contribution < -0.4 is 0 Å². The number of nitrogens with zero attached hydrogens (tertiary/aromatic N) is 1. The number of fused-ring (bicyclic) bond motifs is 1. The third-order valence-corrected chi connectivity index (χ3v) is 3.28. The first-order valence-electron chi connectivity index (χ1n) is 6.31. The average molecular weight is 231 g/mol. The zero-order valence-electron chi connectivity index (χ0n) is 11.1. The molecule has 1 atom stereocenters. The Kier molecular flexibility index (Phi) is 3.53. The quantitative estimate of drug-likeness (QED) is 0.764. The predicted molar refractivity (Wildman–Crippen MR) is 72.4 cm³/mol. The molecule has 2 rings (SSSR count). The summed E-state index contributed by atoms with van der Waals surface area (Å²) in [5.41, 5.74) is 2.62. The molecule has 1 aromatic carbocycles. The highest BCUT2D eigenvalue weighted by Gasteiger charge is 2.17. The first kappa shape index (κ1) is 12.2. The van der Waals surface area contributed by atoms with E-state index < -0.39 is 0 Å². The van der Waals surface area contributed by atoms with Gasteiger partial charge in [0.05, 0.1) is 5.52 Å². The van der Waals surface area contributed by atoms with Crippen LogP contribution in [0.15, 0.2) is 30.3 Å². The molecule has 0 amide bonds. The van der Waals surface area contributed by atoms with Gasteiger partial charge in [0, 0.05) is 12.8 Å². The van der Waals surface area contributed by atoms with Gasteiger partial charge in [-0.25, -0.2) is 0 Å². The van der Waals surface area contributed by atoms with Gasteiger partial charge in [0.2, 0.25) is 0 Å².